The van der Waals surface area contributed by atoms with Crippen LogP contribution in [0.3, 0.4) is 0 Å². The van der Waals surface area contributed by atoms with Crippen LogP contribution in [0.5, 0.6) is 0 Å². The molecule has 1 aliphatic carbocycles. The summed E-state index contributed by atoms with van der Waals surface area (Å²) in [5.41, 5.74) is 5.91. The summed E-state index contributed by atoms with van der Waals surface area (Å²) in [5.74, 6) is 0.793. The van der Waals surface area contributed by atoms with E-state index in [0.29, 0.717) is 6.04 Å². The zero-order chi connectivity index (χ0) is 8.55. The van der Waals surface area contributed by atoms with Crippen molar-refractivity contribution < 1.29 is 0 Å². The van der Waals surface area contributed by atoms with Crippen molar-refractivity contribution in [2.45, 2.75) is 43.1 Å². The molecular formula is C9H17ClN2. The van der Waals surface area contributed by atoms with E-state index in [9.17, 15) is 0 Å². The molecule has 4 atom stereocenters. The third-order valence-electron chi connectivity index (χ3n) is 3.26. The van der Waals surface area contributed by atoms with Crippen LogP contribution in [0.2, 0.25) is 0 Å². The first kappa shape index (κ1) is 8.79. The fraction of sp³-hybridized carbons (Fsp3) is 1.00. The lowest BCUT2D eigenvalue weighted by Gasteiger charge is -2.42. The molecule has 2 aliphatic rings. The molecule has 0 aromatic rings. The zero-order valence-electron chi connectivity index (χ0n) is 7.30. The number of fused-ring (bicyclic) bond motifs is 1. The first-order valence-electron chi connectivity index (χ1n) is 4.92. The summed E-state index contributed by atoms with van der Waals surface area (Å²) >= 11 is 6.25. The summed E-state index contributed by atoms with van der Waals surface area (Å²) in [6.07, 6.45) is 5.02. The number of piperidine rings is 1. The lowest BCUT2D eigenvalue weighted by molar-refractivity contribution is 0.201. The quantitative estimate of drug-likeness (QED) is 0.559. The van der Waals surface area contributed by atoms with Crippen molar-refractivity contribution in [1.82, 2.24) is 5.32 Å². The molecule has 1 heterocycles. The fourth-order valence-electron chi connectivity index (χ4n) is 2.51. The molecule has 12 heavy (non-hydrogen) atoms. The SMILES string of the molecule is NC1CCC2CCCNC2C1Cl. The molecule has 0 spiro atoms. The number of hydrogen-bond acceptors (Lipinski definition) is 2. The van der Waals surface area contributed by atoms with Gasteiger partial charge in [-0.15, -0.1) is 11.6 Å². The Balaban J connectivity index is 2.03. The van der Waals surface area contributed by atoms with Gasteiger partial charge in [0.2, 0.25) is 0 Å². The van der Waals surface area contributed by atoms with E-state index in [1.54, 1.807) is 0 Å². The van der Waals surface area contributed by atoms with Crippen LogP contribution in [0.15, 0.2) is 0 Å². The number of rotatable bonds is 0. The Morgan fingerprint density at radius 3 is 2.92 bits per heavy atom. The number of halogens is 1. The molecule has 2 fully saturated rings. The molecule has 2 nitrogen and oxygen atoms in total. The minimum atomic E-state index is 0.157. The van der Waals surface area contributed by atoms with Crippen LogP contribution in [0, 0.1) is 5.92 Å². The van der Waals surface area contributed by atoms with Gasteiger partial charge in [-0.25, -0.2) is 0 Å². The Bertz CT molecular complexity index is 161. The Kier molecular flexibility index (Phi) is 2.58. The maximum Gasteiger partial charge on any atom is 0.0642 e. The van der Waals surface area contributed by atoms with E-state index in [1.165, 1.54) is 19.3 Å². The second-order valence-corrected chi connectivity index (χ2v) is 4.57. The van der Waals surface area contributed by atoms with E-state index in [0.717, 1.165) is 18.9 Å². The Morgan fingerprint density at radius 2 is 2.08 bits per heavy atom. The van der Waals surface area contributed by atoms with Crippen molar-refractivity contribution >= 4 is 11.6 Å². The van der Waals surface area contributed by atoms with Crippen LogP contribution < -0.4 is 11.1 Å². The average molecular weight is 189 g/mol. The van der Waals surface area contributed by atoms with Crippen molar-refractivity contribution in [3.8, 4) is 0 Å². The summed E-state index contributed by atoms with van der Waals surface area (Å²) in [5, 5.41) is 3.65. The van der Waals surface area contributed by atoms with E-state index in [2.05, 4.69) is 5.32 Å². The number of nitrogens with two attached hydrogens (primary N) is 1. The highest BCUT2D eigenvalue weighted by molar-refractivity contribution is 6.21. The molecule has 70 valence electrons. The fourth-order valence-corrected chi connectivity index (χ4v) is 2.93. The van der Waals surface area contributed by atoms with E-state index < -0.39 is 0 Å². The van der Waals surface area contributed by atoms with Crippen molar-refractivity contribution in [3.63, 3.8) is 0 Å². The van der Waals surface area contributed by atoms with Crippen molar-refractivity contribution in [3.05, 3.63) is 0 Å². The number of alkyl halides is 1. The highest BCUT2D eigenvalue weighted by Gasteiger charge is 2.37. The largest absolute Gasteiger partial charge is 0.326 e. The first-order valence-corrected chi connectivity index (χ1v) is 5.35. The van der Waals surface area contributed by atoms with Gasteiger partial charge in [0.1, 0.15) is 0 Å². The summed E-state index contributed by atoms with van der Waals surface area (Å²) in [4.78, 5) is 0. The molecule has 0 aromatic carbocycles. The van der Waals surface area contributed by atoms with Gasteiger partial charge in [0.15, 0.2) is 0 Å². The van der Waals surface area contributed by atoms with Gasteiger partial charge in [-0.2, -0.15) is 0 Å². The Labute approximate surface area is 78.8 Å². The molecular weight excluding hydrogens is 172 g/mol. The molecule has 4 unspecified atom stereocenters. The zero-order valence-corrected chi connectivity index (χ0v) is 8.06. The average Bonchev–Trinajstić information content (AvgIpc) is 2.12. The van der Waals surface area contributed by atoms with Crippen molar-refractivity contribution in [2.24, 2.45) is 11.7 Å². The predicted molar refractivity (Wildman–Crippen MR) is 51.4 cm³/mol. The van der Waals surface area contributed by atoms with Gasteiger partial charge >= 0.3 is 0 Å². The molecule has 3 heteroatoms. The Morgan fingerprint density at radius 1 is 1.25 bits per heavy atom. The topological polar surface area (TPSA) is 38.0 Å². The molecule has 1 aliphatic heterocycles. The lowest BCUT2D eigenvalue weighted by atomic mass is 9.77. The molecule has 0 bridgehead atoms. The summed E-state index contributed by atoms with van der Waals surface area (Å²) in [6.45, 7) is 1.12. The molecule has 0 aromatic heterocycles. The second kappa shape index (κ2) is 3.52. The van der Waals surface area contributed by atoms with Crippen LogP contribution in [0.4, 0.5) is 0 Å². The standard InChI is InChI=1S/C9H17ClN2/c10-8-7(11)4-3-6-2-1-5-12-9(6)8/h6-9,12H,1-5,11H2. The van der Waals surface area contributed by atoms with E-state index in [1.807, 2.05) is 0 Å². The number of nitrogens with one attached hydrogen (secondary N) is 1. The minimum absolute atomic E-state index is 0.157. The van der Waals surface area contributed by atoms with Gasteiger partial charge in [0.05, 0.1) is 5.38 Å². The molecule has 0 radical (unpaired) electrons. The monoisotopic (exact) mass is 188 g/mol. The highest BCUT2D eigenvalue weighted by Crippen LogP contribution is 2.32. The van der Waals surface area contributed by atoms with E-state index in [-0.39, 0.29) is 11.4 Å². The van der Waals surface area contributed by atoms with Crippen molar-refractivity contribution in [2.75, 3.05) is 6.54 Å². The van der Waals surface area contributed by atoms with Crippen molar-refractivity contribution in [1.29, 1.82) is 0 Å². The first-order chi connectivity index (χ1) is 5.79. The molecule has 2 rings (SSSR count). The van der Waals surface area contributed by atoms with Gasteiger partial charge < -0.3 is 11.1 Å². The smallest absolute Gasteiger partial charge is 0.0642 e. The van der Waals surface area contributed by atoms with Gasteiger partial charge in [0.25, 0.3) is 0 Å². The minimum Gasteiger partial charge on any atom is -0.326 e. The summed E-state index contributed by atoms with van der Waals surface area (Å²) < 4.78 is 0. The van der Waals surface area contributed by atoms with Gasteiger partial charge in [-0.05, 0) is 38.1 Å². The van der Waals surface area contributed by atoms with Gasteiger partial charge in [-0.3, -0.25) is 0 Å². The van der Waals surface area contributed by atoms with E-state index >= 15 is 0 Å². The number of hydrogen-bond donors (Lipinski definition) is 2. The highest BCUT2D eigenvalue weighted by atomic mass is 35.5. The van der Waals surface area contributed by atoms with Crippen LogP contribution >= 0.6 is 11.6 Å². The second-order valence-electron chi connectivity index (χ2n) is 4.07. The third-order valence-corrected chi connectivity index (χ3v) is 3.86. The molecule has 0 amide bonds. The normalized spacial score (nSPS) is 48.5. The third kappa shape index (κ3) is 1.48. The Hall–Kier alpha value is 0.210. The maximum absolute atomic E-state index is 6.25. The molecule has 1 saturated carbocycles. The summed E-state index contributed by atoms with van der Waals surface area (Å²) in [7, 11) is 0. The summed E-state index contributed by atoms with van der Waals surface area (Å²) in [6, 6.07) is 0.697. The molecule has 1 saturated heterocycles. The van der Waals surface area contributed by atoms with Crippen LogP contribution in [0.25, 0.3) is 0 Å². The van der Waals surface area contributed by atoms with Crippen LogP contribution in [-0.4, -0.2) is 24.0 Å². The molecule has 3 N–H and O–H groups in total. The van der Waals surface area contributed by atoms with Gasteiger partial charge in [0, 0.05) is 12.1 Å². The van der Waals surface area contributed by atoms with E-state index in [4.69, 9.17) is 17.3 Å². The maximum atomic E-state index is 6.25. The lowest BCUT2D eigenvalue weighted by Crippen LogP contribution is -2.56. The van der Waals surface area contributed by atoms with Crippen LogP contribution in [0.1, 0.15) is 25.7 Å². The predicted octanol–water partition coefficient (Wildman–Crippen LogP) is 1.08. The van der Waals surface area contributed by atoms with Crippen LogP contribution in [-0.2, 0) is 0 Å². The van der Waals surface area contributed by atoms with Gasteiger partial charge in [-0.1, -0.05) is 0 Å².